The number of hydrogen-bond acceptors (Lipinski definition) is 4. The third kappa shape index (κ3) is 6.53. The van der Waals surface area contributed by atoms with Gasteiger partial charge in [0.05, 0.1) is 24.5 Å². The first kappa shape index (κ1) is 25.5. The number of ether oxygens (including phenoxy) is 2. The Labute approximate surface area is 217 Å². The van der Waals surface area contributed by atoms with E-state index < -0.39 is 10.8 Å². The largest absolute Gasteiger partial charge is 0.497 e. The van der Waals surface area contributed by atoms with Gasteiger partial charge in [0.2, 0.25) is 0 Å². The molecular weight excluding hydrogens is 505 g/mol. The predicted molar refractivity (Wildman–Crippen MR) is 141 cm³/mol. The van der Waals surface area contributed by atoms with E-state index in [2.05, 4.69) is 0 Å². The lowest BCUT2D eigenvalue weighted by molar-refractivity contribution is -0.127. The maximum atomic E-state index is 13.1. The van der Waals surface area contributed by atoms with Gasteiger partial charge in [0.15, 0.2) is 0 Å². The van der Waals surface area contributed by atoms with E-state index in [1.54, 1.807) is 18.1 Å². The van der Waals surface area contributed by atoms with E-state index >= 15 is 0 Å². The molecule has 4 rings (SSSR count). The van der Waals surface area contributed by atoms with Crippen LogP contribution in [-0.2, 0) is 20.3 Å². The Bertz CT molecular complexity index is 1170. The molecule has 0 aromatic heterocycles. The Kier molecular flexibility index (Phi) is 8.63. The summed E-state index contributed by atoms with van der Waals surface area (Å²) in [5, 5.41) is 1.29. The van der Waals surface area contributed by atoms with Gasteiger partial charge < -0.3 is 14.4 Å². The zero-order chi connectivity index (χ0) is 24.8. The number of amides is 1. The number of nitrogens with zero attached hydrogens (tertiary/aromatic N) is 1. The van der Waals surface area contributed by atoms with E-state index in [1.165, 1.54) is 0 Å². The summed E-state index contributed by atoms with van der Waals surface area (Å²) >= 11 is 12.1. The maximum absolute atomic E-state index is 13.1. The minimum absolute atomic E-state index is 0.233. The molecule has 0 bridgehead atoms. The van der Waals surface area contributed by atoms with Crippen LogP contribution in [0.25, 0.3) is 6.08 Å². The number of hydrogen-bond donors (Lipinski definition) is 0. The zero-order valence-electron chi connectivity index (χ0n) is 19.2. The van der Waals surface area contributed by atoms with Crippen molar-refractivity contribution >= 4 is 46.0 Å². The second kappa shape index (κ2) is 11.9. The van der Waals surface area contributed by atoms with Gasteiger partial charge in [-0.1, -0.05) is 59.6 Å². The van der Waals surface area contributed by atoms with Gasteiger partial charge >= 0.3 is 0 Å². The number of halogens is 2. The Morgan fingerprint density at radius 3 is 2.06 bits per heavy atom. The molecule has 1 aliphatic rings. The summed E-state index contributed by atoms with van der Waals surface area (Å²) < 4.78 is 24.0. The number of benzene rings is 3. The van der Waals surface area contributed by atoms with E-state index in [1.807, 2.05) is 72.8 Å². The Morgan fingerprint density at radius 1 is 0.943 bits per heavy atom. The normalized spacial score (nSPS) is 17.3. The molecule has 0 saturated carbocycles. The van der Waals surface area contributed by atoms with Gasteiger partial charge in [-0.25, -0.2) is 0 Å². The minimum Gasteiger partial charge on any atom is -0.497 e. The topological polar surface area (TPSA) is 55.8 Å². The number of carbonyl (C=O) groups excluding carboxylic acids is 1. The van der Waals surface area contributed by atoms with E-state index in [-0.39, 0.29) is 12.0 Å². The molecule has 1 aliphatic heterocycles. The van der Waals surface area contributed by atoms with Crippen molar-refractivity contribution in [3.05, 3.63) is 104 Å². The molecule has 0 N–H and O–H groups in total. The molecular formula is C27H25Cl2NO4S. The van der Waals surface area contributed by atoms with E-state index in [0.29, 0.717) is 40.4 Å². The van der Waals surface area contributed by atoms with Crippen molar-refractivity contribution in [1.29, 1.82) is 0 Å². The molecule has 1 fully saturated rings. The minimum atomic E-state index is -1.34. The zero-order valence-corrected chi connectivity index (χ0v) is 21.5. The summed E-state index contributed by atoms with van der Waals surface area (Å²) in [5.41, 5.74) is 2.69. The van der Waals surface area contributed by atoms with Crippen LogP contribution >= 0.6 is 23.2 Å². The lowest BCUT2D eigenvalue weighted by Crippen LogP contribution is -2.43. The molecule has 1 atom stereocenters. The average molecular weight is 530 g/mol. The van der Waals surface area contributed by atoms with Gasteiger partial charge in [0, 0.05) is 28.9 Å². The van der Waals surface area contributed by atoms with Crippen LogP contribution in [0, 0.1) is 0 Å². The Balaban J connectivity index is 1.46. The SMILES string of the molecule is COc1ccc(C=C2C(=O)N(CCOC(c3ccc(Cl)cc3)c3ccc(Cl)cc3)CCS2=O)cc1. The van der Waals surface area contributed by atoms with Crippen LogP contribution in [0.15, 0.2) is 77.7 Å². The van der Waals surface area contributed by atoms with E-state index in [9.17, 15) is 9.00 Å². The standard InChI is InChI=1S/C27H25Cl2NO4S/c1-33-24-12-2-19(3-13-24)18-25-27(31)30(15-17-35(25)32)14-16-34-26(20-4-8-22(28)9-5-20)21-6-10-23(29)11-7-21/h2-13,18,26H,14-17H2,1H3. The van der Waals surface area contributed by atoms with Gasteiger partial charge in [-0.15, -0.1) is 0 Å². The molecule has 8 heteroatoms. The van der Waals surface area contributed by atoms with Crippen molar-refractivity contribution in [1.82, 2.24) is 4.90 Å². The third-order valence-electron chi connectivity index (χ3n) is 5.69. The van der Waals surface area contributed by atoms with E-state index in [4.69, 9.17) is 32.7 Å². The van der Waals surface area contributed by atoms with Crippen LogP contribution in [0.5, 0.6) is 5.75 Å². The smallest absolute Gasteiger partial charge is 0.262 e. The summed E-state index contributed by atoms with van der Waals surface area (Å²) in [6.07, 6.45) is 1.35. The number of methoxy groups -OCH3 is 1. The van der Waals surface area contributed by atoms with E-state index in [0.717, 1.165) is 22.4 Å². The highest BCUT2D eigenvalue weighted by Crippen LogP contribution is 2.28. The van der Waals surface area contributed by atoms with Gasteiger partial charge in [0.1, 0.15) is 16.8 Å². The molecule has 35 heavy (non-hydrogen) atoms. The Morgan fingerprint density at radius 2 is 1.51 bits per heavy atom. The summed E-state index contributed by atoms with van der Waals surface area (Å²) in [4.78, 5) is 15.1. The van der Waals surface area contributed by atoms with Crippen molar-refractivity contribution in [2.24, 2.45) is 0 Å². The van der Waals surface area contributed by atoms with Crippen molar-refractivity contribution in [2.45, 2.75) is 6.10 Å². The van der Waals surface area contributed by atoms with Crippen LogP contribution in [0.3, 0.4) is 0 Å². The summed E-state index contributed by atoms with van der Waals surface area (Å²) in [6, 6.07) is 22.3. The molecule has 5 nitrogen and oxygen atoms in total. The van der Waals surface area contributed by atoms with Crippen LogP contribution in [0.2, 0.25) is 10.0 Å². The molecule has 182 valence electrons. The number of carbonyl (C=O) groups is 1. The third-order valence-corrected chi connectivity index (χ3v) is 7.54. The number of rotatable bonds is 8. The highest BCUT2D eigenvalue weighted by molar-refractivity contribution is 7.90. The fourth-order valence-corrected chi connectivity index (χ4v) is 5.24. The summed E-state index contributed by atoms with van der Waals surface area (Å²) in [5.74, 6) is 0.882. The fraction of sp³-hybridized carbons (Fsp3) is 0.222. The second-order valence-corrected chi connectivity index (χ2v) is 10.4. The monoisotopic (exact) mass is 529 g/mol. The van der Waals surface area contributed by atoms with Crippen LogP contribution in [-0.4, -0.2) is 47.6 Å². The molecule has 1 amide bonds. The van der Waals surface area contributed by atoms with Crippen LogP contribution in [0.4, 0.5) is 0 Å². The molecule has 1 heterocycles. The molecule has 0 aliphatic carbocycles. The summed E-state index contributed by atoms with van der Waals surface area (Å²) in [7, 11) is 0.253. The summed E-state index contributed by atoms with van der Waals surface area (Å²) in [6.45, 7) is 1.11. The lowest BCUT2D eigenvalue weighted by atomic mass is 10.0. The fourth-order valence-electron chi connectivity index (χ4n) is 3.79. The van der Waals surface area contributed by atoms with Gasteiger partial charge in [-0.05, 0) is 59.2 Å². The molecule has 3 aromatic rings. The van der Waals surface area contributed by atoms with Crippen LogP contribution in [0.1, 0.15) is 22.8 Å². The molecule has 1 unspecified atom stereocenters. The quantitative estimate of drug-likeness (QED) is 0.349. The van der Waals surface area contributed by atoms with Gasteiger partial charge in [-0.2, -0.15) is 0 Å². The van der Waals surface area contributed by atoms with Crippen LogP contribution < -0.4 is 4.74 Å². The highest BCUT2D eigenvalue weighted by Gasteiger charge is 2.29. The molecule has 3 aromatic carbocycles. The Hall–Kier alpha value is -2.64. The van der Waals surface area contributed by atoms with Crippen molar-refractivity contribution in [2.75, 3.05) is 32.6 Å². The van der Waals surface area contributed by atoms with Crippen molar-refractivity contribution in [3.63, 3.8) is 0 Å². The van der Waals surface area contributed by atoms with Crippen molar-refractivity contribution < 1.29 is 18.5 Å². The highest BCUT2D eigenvalue weighted by atomic mass is 35.5. The lowest BCUT2D eigenvalue weighted by Gasteiger charge is -2.29. The predicted octanol–water partition coefficient (Wildman–Crippen LogP) is 5.74. The van der Waals surface area contributed by atoms with Crippen molar-refractivity contribution in [3.8, 4) is 5.75 Å². The first-order chi connectivity index (χ1) is 16.9. The molecule has 1 saturated heterocycles. The molecule has 0 spiro atoms. The van der Waals surface area contributed by atoms with Gasteiger partial charge in [0.25, 0.3) is 5.91 Å². The second-order valence-electron chi connectivity index (χ2n) is 7.98. The molecule has 0 radical (unpaired) electrons. The maximum Gasteiger partial charge on any atom is 0.262 e. The first-order valence-electron chi connectivity index (χ1n) is 11.1. The first-order valence-corrected chi connectivity index (χ1v) is 13.2. The van der Waals surface area contributed by atoms with Gasteiger partial charge in [-0.3, -0.25) is 9.00 Å². The average Bonchev–Trinajstić information content (AvgIpc) is 2.87.